The van der Waals surface area contributed by atoms with Crippen molar-refractivity contribution in [3.8, 4) is 0 Å². The fraction of sp³-hybridized carbons (Fsp3) is 0.381. The number of fused-ring (bicyclic) bond motifs is 1. The number of aromatic nitrogens is 1. The Morgan fingerprint density at radius 1 is 1.04 bits per heavy atom. The standard InChI is InChI=1S/C21H25N3OS/c1-16-5-2-6-17-13-18(21(25)22-20(16)17)14-23-8-4-9-24(11-10-23)15-19-7-3-12-26-19/h2-3,5-7,12-13H,4,8-11,14-15H2,1H3,(H,22,25). The van der Waals surface area contributed by atoms with E-state index in [9.17, 15) is 4.79 Å². The molecule has 0 spiro atoms. The number of aromatic amines is 1. The Labute approximate surface area is 158 Å². The molecule has 1 saturated heterocycles. The number of aryl methyl sites for hydroxylation is 1. The number of benzene rings is 1. The van der Waals surface area contributed by atoms with Crippen LogP contribution in [0.25, 0.3) is 10.9 Å². The Kier molecular flexibility index (Phi) is 5.20. The zero-order valence-corrected chi connectivity index (χ0v) is 16.0. The molecular formula is C21H25N3OS. The molecule has 4 rings (SSSR count). The molecule has 0 unspecified atom stereocenters. The van der Waals surface area contributed by atoms with Crippen molar-refractivity contribution in [3.63, 3.8) is 0 Å². The maximum absolute atomic E-state index is 12.5. The number of H-pyrrole nitrogens is 1. The van der Waals surface area contributed by atoms with Crippen LogP contribution in [0.2, 0.25) is 0 Å². The summed E-state index contributed by atoms with van der Waals surface area (Å²) in [4.78, 5) is 22.0. The minimum absolute atomic E-state index is 0.0477. The molecule has 1 aliphatic rings. The first-order valence-electron chi connectivity index (χ1n) is 9.28. The van der Waals surface area contributed by atoms with Crippen LogP contribution in [-0.2, 0) is 13.1 Å². The average molecular weight is 368 g/mol. The van der Waals surface area contributed by atoms with Gasteiger partial charge < -0.3 is 4.98 Å². The van der Waals surface area contributed by atoms with Crippen molar-refractivity contribution in [2.75, 3.05) is 26.2 Å². The van der Waals surface area contributed by atoms with Gasteiger partial charge in [-0.25, -0.2) is 0 Å². The van der Waals surface area contributed by atoms with Gasteiger partial charge in [-0.05, 0) is 54.9 Å². The first kappa shape index (κ1) is 17.5. The number of thiophene rings is 1. The third-order valence-electron chi connectivity index (χ3n) is 5.20. The van der Waals surface area contributed by atoms with Crippen LogP contribution >= 0.6 is 11.3 Å². The van der Waals surface area contributed by atoms with Gasteiger partial charge in [0, 0.05) is 36.6 Å². The van der Waals surface area contributed by atoms with E-state index in [2.05, 4.69) is 44.4 Å². The van der Waals surface area contributed by atoms with Gasteiger partial charge in [0.05, 0.1) is 5.52 Å². The van der Waals surface area contributed by atoms with Gasteiger partial charge >= 0.3 is 0 Å². The summed E-state index contributed by atoms with van der Waals surface area (Å²) in [5, 5.41) is 3.27. The summed E-state index contributed by atoms with van der Waals surface area (Å²) in [7, 11) is 0. The number of hydrogen-bond acceptors (Lipinski definition) is 4. The molecule has 0 aliphatic carbocycles. The lowest BCUT2D eigenvalue weighted by molar-refractivity contribution is 0.248. The van der Waals surface area contributed by atoms with Crippen molar-refractivity contribution in [2.45, 2.75) is 26.4 Å². The Balaban J connectivity index is 1.45. The molecule has 3 heterocycles. The molecule has 5 heteroatoms. The summed E-state index contributed by atoms with van der Waals surface area (Å²) in [5.74, 6) is 0. The summed E-state index contributed by atoms with van der Waals surface area (Å²) in [6.07, 6.45) is 1.15. The number of rotatable bonds is 4. The lowest BCUT2D eigenvalue weighted by Crippen LogP contribution is -2.31. The molecule has 0 radical (unpaired) electrons. The average Bonchev–Trinajstić information content (AvgIpc) is 3.04. The molecule has 0 saturated carbocycles. The maximum Gasteiger partial charge on any atom is 0.252 e. The molecule has 1 aromatic carbocycles. The number of hydrogen-bond donors (Lipinski definition) is 1. The molecule has 1 aliphatic heterocycles. The third-order valence-corrected chi connectivity index (χ3v) is 6.06. The second-order valence-corrected chi connectivity index (χ2v) is 8.18. The lowest BCUT2D eigenvalue weighted by Gasteiger charge is -2.21. The van der Waals surface area contributed by atoms with Crippen LogP contribution in [0.5, 0.6) is 0 Å². The second-order valence-electron chi connectivity index (χ2n) is 7.15. The van der Waals surface area contributed by atoms with Crippen molar-refractivity contribution >= 4 is 22.2 Å². The number of para-hydroxylation sites is 1. The molecule has 136 valence electrons. The molecule has 0 amide bonds. The van der Waals surface area contributed by atoms with E-state index in [4.69, 9.17) is 0 Å². The predicted molar refractivity (Wildman–Crippen MR) is 109 cm³/mol. The molecule has 1 fully saturated rings. The normalized spacial score (nSPS) is 16.8. The highest BCUT2D eigenvalue weighted by atomic mass is 32.1. The number of nitrogens with one attached hydrogen (secondary N) is 1. The van der Waals surface area contributed by atoms with Crippen LogP contribution in [0.1, 0.15) is 22.4 Å². The molecule has 0 bridgehead atoms. The molecule has 3 aromatic rings. The van der Waals surface area contributed by atoms with Crippen molar-refractivity contribution in [3.05, 3.63) is 68.1 Å². The van der Waals surface area contributed by atoms with Crippen LogP contribution in [0.3, 0.4) is 0 Å². The van der Waals surface area contributed by atoms with Crippen molar-refractivity contribution in [1.29, 1.82) is 0 Å². The summed E-state index contributed by atoms with van der Waals surface area (Å²) in [6.45, 7) is 8.05. The lowest BCUT2D eigenvalue weighted by atomic mass is 10.1. The maximum atomic E-state index is 12.5. The molecule has 26 heavy (non-hydrogen) atoms. The summed E-state index contributed by atoms with van der Waals surface area (Å²) in [6, 6.07) is 12.6. The highest BCUT2D eigenvalue weighted by Crippen LogP contribution is 2.17. The van der Waals surface area contributed by atoms with Crippen LogP contribution in [0.4, 0.5) is 0 Å². The third kappa shape index (κ3) is 3.90. The van der Waals surface area contributed by atoms with Crippen molar-refractivity contribution in [2.24, 2.45) is 0 Å². The van der Waals surface area contributed by atoms with E-state index in [-0.39, 0.29) is 5.56 Å². The van der Waals surface area contributed by atoms with E-state index in [1.807, 2.05) is 30.4 Å². The zero-order valence-electron chi connectivity index (χ0n) is 15.2. The minimum Gasteiger partial charge on any atom is -0.321 e. The topological polar surface area (TPSA) is 39.3 Å². The predicted octanol–water partition coefficient (Wildman–Crippen LogP) is 3.61. The van der Waals surface area contributed by atoms with Crippen molar-refractivity contribution in [1.82, 2.24) is 14.8 Å². The second kappa shape index (κ2) is 7.74. The molecule has 1 N–H and O–H groups in total. The van der Waals surface area contributed by atoms with E-state index in [1.165, 1.54) is 4.88 Å². The number of pyridine rings is 1. The number of nitrogens with zero attached hydrogens (tertiary/aromatic N) is 2. The van der Waals surface area contributed by atoms with Gasteiger partial charge in [-0.1, -0.05) is 24.3 Å². The van der Waals surface area contributed by atoms with Crippen LogP contribution in [-0.4, -0.2) is 41.0 Å². The van der Waals surface area contributed by atoms with Crippen LogP contribution in [0, 0.1) is 6.92 Å². The van der Waals surface area contributed by atoms with Crippen molar-refractivity contribution < 1.29 is 0 Å². The van der Waals surface area contributed by atoms with E-state index >= 15 is 0 Å². The highest BCUT2D eigenvalue weighted by molar-refractivity contribution is 7.09. The van der Waals surface area contributed by atoms with Gasteiger partial charge in [0.15, 0.2) is 0 Å². The quantitative estimate of drug-likeness (QED) is 0.766. The Morgan fingerprint density at radius 2 is 1.85 bits per heavy atom. The van der Waals surface area contributed by atoms with Gasteiger partial charge in [-0.3, -0.25) is 14.6 Å². The van der Waals surface area contributed by atoms with E-state index < -0.39 is 0 Å². The van der Waals surface area contributed by atoms with E-state index in [1.54, 1.807) is 0 Å². The molecular weight excluding hydrogens is 342 g/mol. The Hall–Kier alpha value is -1.95. The zero-order chi connectivity index (χ0) is 17.9. The summed E-state index contributed by atoms with van der Waals surface area (Å²) < 4.78 is 0. The van der Waals surface area contributed by atoms with Gasteiger partial charge in [-0.15, -0.1) is 11.3 Å². The SMILES string of the molecule is Cc1cccc2cc(CN3CCCN(Cc4cccs4)CC3)c(=O)[nH]c12. The van der Waals surface area contributed by atoms with Gasteiger partial charge in [0.1, 0.15) is 0 Å². The van der Waals surface area contributed by atoms with E-state index in [0.29, 0.717) is 0 Å². The van der Waals surface area contributed by atoms with Crippen LogP contribution < -0.4 is 5.56 Å². The van der Waals surface area contributed by atoms with Gasteiger partial charge in [0.2, 0.25) is 0 Å². The highest BCUT2D eigenvalue weighted by Gasteiger charge is 2.17. The Bertz CT molecular complexity index is 932. The summed E-state index contributed by atoms with van der Waals surface area (Å²) >= 11 is 1.83. The minimum atomic E-state index is 0.0477. The Morgan fingerprint density at radius 3 is 2.62 bits per heavy atom. The fourth-order valence-electron chi connectivity index (χ4n) is 3.75. The smallest absolute Gasteiger partial charge is 0.252 e. The first-order chi connectivity index (χ1) is 12.7. The molecule has 0 atom stereocenters. The van der Waals surface area contributed by atoms with Crippen LogP contribution in [0.15, 0.2) is 46.6 Å². The first-order valence-corrected chi connectivity index (χ1v) is 10.2. The molecule has 2 aromatic heterocycles. The monoisotopic (exact) mass is 367 g/mol. The summed E-state index contributed by atoms with van der Waals surface area (Å²) in [5.41, 5.74) is 2.99. The van der Waals surface area contributed by atoms with E-state index in [0.717, 1.165) is 67.7 Å². The fourth-order valence-corrected chi connectivity index (χ4v) is 4.50. The van der Waals surface area contributed by atoms with Gasteiger partial charge in [-0.2, -0.15) is 0 Å². The molecule has 4 nitrogen and oxygen atoms in total. The largest absolute Gasteiger partial charge is 0.321 e. The van der Waals surface area contributed by atoms with Gasteiger partial charge in [0.25, 0.3) is 5.56 Å².